The molecule has 1 aliphatic carbocycles. The van der Waals surface area contributed by atoms with Gasteiger partial charge in [0, 0.05) is 25.2 Å². The number of aromatic nitrogens is 4. The molecule has 1 saturated carbocycles. The van der Waals surface area contributed by atoms with Crippen molar-refractivity contribution in [2.24, 2.45) is 5.73 Å². The van der Waals surface area contributed by atoms with Crippen LogP contribution in [0.15, 0.2) is 6.20 Å². The fourth-order valence-electron chi connectivity index (χ4n) is 3.77. The number of hydrogen-bond acceptors (Lipinski definition) is 6. The first kappa shape index (κ1) is 19.8. The highest BCUT2D eigenvalue weighted by atomic mass is 35.5. The first-order chi connectivity index (χ1) is 12.5. The molecule has 1 fully saturated rings. The van der Waals surface area contributed by atoms with E-state index in [1.165, 1.54) is 0 Å². The standard InChI is InChI=1S/C17H26Cl2N6O/c1-11(25-15-14(10-21-25)22-17(19)23-16(15)18)6-7-24(8-9-26)13-4-2-12(20)3-5-13/h10-13,26H,2-9,20H2,1H3. The van der Waals surface area contributed by atoms with Crippen molar-refractivity contribution >= 4 is 34.2 Å². The molecule has 1 atom stereocenters. The van der Waals surface area contributed by atoms with Gasteiger partial charge in [-0.05, 0) is 50.6 Å². The molecule has 2 heterocycles. The van der Waals surface area contributed by atoms with Crippen LogP contribution in [-0.2, 0) is 0 Å². The van der Waals surface area contributed by atoms with Crippen molar-refractivity contribution < 1.29 is 5.11 Å². The lowest BCUT2D eigenvalue weighted by Crippen LogP contribution is -2.43. The van der Waals surface area contributed by atoms with Crippen LogP contribution in [0.2, 0.25) is 10.4 Å². The topological polar surface area (TPSA) is 93.1 Å². The third-order valence-electron chi connectivity index (χ3n) is 5.27. The molecule has 0 radical (unpaired) electrons. The Labute approximate surface area is 163 Å². The molecule has 3 N–H and O–H groups in total. The number of rotatable bonds is 7. The second kappa shape index (κ2) is 8.80. The minimum Gasteiger partial charge on any atom is -0.395 e. The smallest absolute Gasteiger partial charge is 0.224 e. The van der Waals surface area contributed by atoms with Crippen LogP contribution in [0.25, 0.3) is 11.0 Å². The average molecular weight is 401 g/mol. The molecule has 2 aromatic rings. The van der Waals surface area contributed by atoms with Gasteiger partial charge in [0.2, 0.25) is 5.28 Å². The number of fused-ring (bicyclic) bond motifs is 1. The predicted molar refractivity (Wildman–Crippen MR) is 104 cm³/mol. The number of hydrogen-bond donors (Lipinski definition) is 2. The molecule has 0 aliphatic heterocycles. The summed E-state index contributed by atoms with van der Waals surface area (Å²) in [6, 6.07) is 0.946. The zero-order chi connectivity index (χ0) is 18.7. The Morgan fingerprint density at radius 2 is 2.00 bits per heavy atom. The number of halogens is 2. The lowest BCUT2D eigenvalue weighted by molar-refractivity contribution is 0.114. The van der Waals surface area contributed by atoms with Crippen molar-refractivity contribution in [3.05, 3.63) is 16.6 Å². The molecule has 0 bridgehead atoms. The SMILES string of the molecule is CC(CCN(CCO)C1CCC(N)CC1)n1ncc2nc(Cl)nc(Cl)c21. The van der Waals surface area contributed by atoms with Gasteiger partial charge in [-0.15, -0.1) is 0 Å². The van der Waals surface area contributed by atoms with E-state index >= 15 is 0 Å². The first-order valence-corrected chi connectivity index (χ1v) is 9.92. The summed E-state index contributed by atoms with van der Waals surface area (Å²) < 4.78 is 1.86. The second-order valence-corrected chi connectivity index (χ2v) is 7.77. The molecule has 144 valence electrons. The highest BCUT2D eigenvalue weighted by molar-refractivity contribution is 6.35. The van der Waals surface area contributed by atoms with E-state index < -0.39 is 0 Å². The minimum absolute atomic E-state index is 0.124. The van der Waals surface area contributed by atoms with Crippen molar-refractivity contribution in [3.8, 4) is 0 Å². The van der Waals surface area contributed by atoms with Gasteiger partial charge in [0.05, 0.1) is 18.8 Å². The zero-order valence-corrected chi connectivity index (χ0v) is 16.5. The molecule has 1 unspecified atom stereocenters. The van der Waals surface area contributed by atoms with Crippen LogP contribution in [-0.4, -0.2) is 61.5 Å². The summed E-state index contributed by atoms with van der Waals surface area (Å²) >= 11 is 12.1. The van der Waals surface area contributed by atoms with E-state index in [1.54, 1.807) is 6.20 Å². The Kier molecular flexibility index (Phi) is 6.69. The normalized spacial score (nSPS) is 22.2. The highest BCUT2D eigenvalue weighted by Crippen LogP contribution is 2.27. The Bertz CT molecular complexity index is 731. The van der Waals surface area contributed by atoms with E-state index in [2.05, 4.69) is 26.9 Å². The Hall–Kier alpha value is -0.990. The van der Waals surface area contributed by atoms with E-state index in [0.29, 0.717) is 34.8 Å². The fraction of sp³-hybridized carbons (Fsp3) is 0.706. The summed E-state index contributed by atoms with van der Waals surface area (Å²) in [5.41, 5.74) is 7.38. The molecule has 0 amide bonds. The van der Waals surface area contributed by atoms with E-state index in [9.17, 15) is 5.11 Å². The van der Waals surface area contributed by atoms with Gasteiger partial charge >= 0.3 is 0 Å². The van der Waals surface area contributed by atoms with Crippen molar-refractivity contribution in [1.82, 2.24) is 24.6 Å². The summed E-state index contributed by atoms with van der Waals surface area (Å²) in [4.78, 5) is 10.6. The van der Waals surface area contributed by atoms with Gasteiger partial charge < -0.3 is 10.8 Å². The van der Waals surface area contributed by atoms with Crippen LogP contribution < -0.4 is 5.73 Å². The average Bonchev–Trinajstić information content (AvgIpc) is 3.03. The minimum atomic E-state index is 0.124. The maximum Gasteiger partial charge on any atom is 0.224 e. The maximum atomic E-state index is 9.44. The molecule has 0 aromatic carbocycles. The molecular formula is C17H26Cl2N6O. The number of aliphatic hydroxyl groups is 1. The van der Waals surface area contributed by atoms with Crippen molar-refractivity contribution in [2.75, 3.05) is 19.7 Å². The van der Waals surface area contributed by atoms with Crippen LogP contribution in [0.4, 0.5) is 0 Å². The largest absolute Gasteiger partial charge is 0.395 e. The Balaban J connectivity index is 1.68. The highest BCUT2D eigenvalue weighted by Gasteiger charge is 2.25. The van der Waals surface area contributed by atoms with Crippen LogP contribution in [0.1, 0.15) is 45.1 Å². The summed E-state index contributed by atoms with van der Waals surface area (Å²) in [5, 5.41) is 14.3. The molecule has 0 spiro atoms. The number of nitrogens with zero attached hydrogens (tertiary/aromatic N) is 5. The third kappa shape index (κ3) is 4.46. The maximum absolute atomic E-state index is 9.44. The lowest BCUT2D eigenvalue weighted by atomic mass is 9.90. The Morgan fingerprint density at radius 1 is 1.27 bits per heavy atom. The molecule has 2 aromatic heterocycles. The summed E-state index contributed by atoms with van der Waals surface area (Å²) in [5.74, 6) is 0. The number of nitrogens with two attached hydrogens (primary N) is 1. The lowest BCUT2D eigenvalue weighted by Gasteiger charge is -2.36. The second-order valence-electron chi connectivity index (χ2n) is 7.07. The van der Waals surface area contributed by atoms with Crippen molar-refractivity contribution in [3.63, 3.8) is 0 Å². The summed E-state index contributed by atoms with van der Waals surface area (Å²) in [6.45, 7) is 3.84. The quantitative estimate of drug-likeness (QED) is 0.547. The van der Waals surface area contributed by atoms with E-state index in [0.717, 1.165) is 38.6 Å². The molecule has 26 heavy (non-hydrogen) atoms. The van der Waals surface area contributed by atoms with Gasteiger partial charge in [-0.2, -0.15) is 5.10 Å². The molecule has 0 saturated heterocycles. The molecular weight excluding hydrogens is 375 g/mol. The van der Waals surface area contributed by atoms with Gasteiger partial charge in [-0.25, -0.2) is 9.97 Å². The van der Waals surface area contributed by atoms with Gasteiger partial charge in [0.25, 0.3) is 0 Å². The molecule has 3 rings (SSSR count). The fourth-order valence-corrected chi connectivity index (χ4v) is 4.26. The van der Waals surface area contributed by atoms with Gasteiger partial charge in [-0.3, -0.25) is 9.58 Å². The molecule has 7 nitrogen and oxygen atoms in total. The number of aliphatic hydroxyl groups excluding tert-OH is 1. The Morgan fingerprint density at radius 3 is 2.69 bits per heavy atom. The van der Waals surface area contributed by atoms with E-state index in [1.807, 2.05) is 4.68 Å². The summed E-state index contributed by atoms with van der Waals surface area (Å²) in [6.07, 6.45) is 6.85. The summed E-state index contributed by atoms with van der Waals surface area (Å²) in [7, 11) is 0. The predicted octanol–water partition coefficient (Wildman–Crippen LogP) is 2.65. The first-order valence-electron chi connectivity index (χ1n) is 9.16. The molecule has 9 heteroatoms. The van der Waals surface area contributed by atoms with Gasteiger partial charge in [0.1, 0.15) is 11.0 Å². The van der Waals surface area contributed by atoms with Crippen molar-refractivity contribution in [2.45, 2.75) is 57.2 Å². The van der Waals surface area contributed by atoms with Gasteiger partial charge in [0.15, 0.2) is 5.15 Å². The van der Waals surface area contributed by atoms with E-state index in [4.69, 9.17) is 28.9 Å². The van der Waals surface area contributed by atoms with Crippen LogP contribution >= 0.6 is 23.2 Å². The van der Waals surface area contributed by atoms with Crippen LogP contribution in [0.5, 0.6) is 0 Å². The van der Waals surface area contributed by atoms with Crippen LogP contribution in [0.3, 0.4) is 0 Å². The van der Waals surface area contributed by atoms with Crippen molar-refractivity contribution in [1.29, 1.82) is 0 Å². The van der Waals surface area contributed by atoms with E-state index in [-0.39, 0.29) is 17.9 Å². The van der Waals surface area contributed by atoms with Gasteiger partial charge in [-0.1, -0.05) is 11.6 Å². The zero-order valence-electron chi connectivity index (χ0n) is 15.0. The monoisotopic (exact) mass is 400 g/mol. The molecule has 1 aliphatic rings. The van der Waals surface area contributed by atoms with Crippen LogP contribution in [0, 0.1) is 0 Å². The third-order valence-corrected chi connectivity index (χ3v) is 5.70.